The van der Waals surface area contributed by atoms with Gasteiger partial charge in [-0.1, -0.05) is 0 Å². The number of alkyl halides is 55. The van der Waals surface area contributed by atoms with E-state index in [1.54, 1.807) is 0 Å². The van der Waals surface area contributed by atoms with Crippen molar-refractivity contribution in [2.45, 2.75) is 160 Å². The Labute approximate surface area is 424 Å². The third-order valence-corrected chi connectivity index (χ3v) is 10.6. The molecule has 0 fully saturated rings. The van der Waals surface area contributed by atoms with Gasteiger partial charge < -0.3 is 0 Å². The van der Waals surface area contributed by atoms with Gasteiger partial charge in [-0.15, -0.1) is 0 Å². The van der Waals surface area contributed by atoms with Gasteiger partial charge in [-0.3, -0.25) is 0 Å². The fourth-order valence-corrected chi connectivity index (χ4v) is 5.11. The van der Waals surface area contributed by atoms with Crippen molar-refractivity contribution in [2.24, 2.45) is 0 Å². The fourth-order valence-electron chi connectivity index (χ4n) is 5.11. The number of hydrogen-bond donors (Lipinski definition) is 0. The number of hydrogen-bond acceptors (Lipinski definition) is 0. The van der Waals surface area contributed by atoms with Crippen LogP contribution >= 0.6 is 0 Å². The van der Waals surface area contributed by atoms with Crippen molar-refractivity contribution in [1.82, 2.24) is 0 Å². The lowest BCUT2D eigenvalue weighted by molar-refractivity contribution is -0.500. The van der Waals surface area contributed by atoms with Crippen LogP contribution in [-0.4, -0.2) is 160 Å². The summed E-state index contributed by atoms with van der Waals surface area (Å²) in [6, 6.07) is 0. The molecule has 0 heterocycles. The van der Waals surface area contributed by atoms with E-state index >= 15 is 0 Å². The van der Waals surface area contributed by atoms with Gasteiger partial charge in [0.05, 0.1) is 0 Å². The fraction of sp³-hybridized carbons (Fsp3) is 0.931. The van der Waals surface area contributed by atoms with Crippen LogP contribution in [0.25, 0.3) is 0 Å². The summed E-state index contributed by atoms with van der Waals surface area (Å²) in [6.07, 6.45) is -10.3. The largest absolute Gasteiger partial charge is 0.460 e. The summed E-state index contributed by atoms with van der Waals surface area (Å²) in [7, 11) is 0. The zero-order valence-corrected chi connectivity index (χ0v) is 36.0. The summed E-state index contributed by atoms with van der Waals surface area (Å²) >= 11 is 0. The highest BCUT2D eigenvalue weighted by atomic mass is 19.5. The first kappa shape index (κ1) is 81.8. The van der Waals surface area contributed by atoms with Gasteiger partial charge in [-0.05, 0) is 0 Å². The van der Waals surface area contributed by atoms with Crippen LogP contribution in [0.1, 0.15) is 0 Å². The summed E-state index contributed by atoms with van der Waals surface area (Å²) in [5.41, 5.74) is 0. The molecule has 0 bridgehead atoms. The molecular formula is C29F57. The van der Waals surface area contributed by atoms with Crippen LogP contribution in [0.2, 0.25) is 0 Å². The predicted molar refractivity (Wildman–Crippen MR) is 144 cm³/mol. The Bertz CT molecular complexity index is 2480. The van der Waals surface area contributed by atoms with Crippen molar-refractivity contribution in [3.05, 3.63) is 12.2 Å². The predicted octanol–water partition coefficient (Wildman–Crippen LogP) is 18.7. The molecule has 0 aromatic carbocycles. The van der Waals surface area contributed by atoms with Crippen LogP contribution < -0.4 is 0 Å². The molecule has 0 amide bonds. The number of halogens is 57. The van der Waals surface area contributed by atoms with Gasteiger partial charge in [-0.25, -0.2) is 8.78 Å². The highest BCUT2D eigenvalue weighted by Gasteiger charge is 3.05. The maximum absolute atomic E-state index is 14.2. The second-order valence-electron chi connectivity index (χ2n) is 15.8. The summed E-state index contributed by atoms with van der Waals surface area (Å²) in [6.45, 7) is 0. The SMILES string of the molecule is F/[C]=C(\F)C(F)(F)C(F)(F)C(F)(F)C(F)(F)C(F)(F)C(F)(F)C(F)(F)C(F)(F)C(F)(F)C(F)(F)C(F)(F)C(F)(F)C(F)(F)C(F)(F)C(F)(F)C(F)(F)C(F)(F)C(F)(F)C(F)(F)C(F)(F)C(F)(F)C(F)(F)C(F)(F)C(F)(F)C(F)(F)C(F)(F)C(F)(F)F. The molecule has 0 spiro atoms. The van der Waals surface area contributed by atoms with Crippen LogP contribution in [0.3, 0.4) is 0 Å². The van der Waals surface area contributed by atoms with Gasteiger partial charge in [0.2, 0.25) is 5.83 Å². The zero-order chi connectivity index (χ0) is 71.8. The second kappa shape index (κ2) is 19.6. The molecule has 0 aromatic rings. The average Bonchev–Trinajstić information content (AvgIpc) is 3.28. The first-order chi connectivity index (χ1) is 36.0. The molecule has 86 heavy (non-hydrogen) atoms. The van der Waals surface area contributed by atoms with Crippen LogP contribution in [-0.2, 0) is 0 Å². The number of allylic oxidation sites excluding steroid dienone is 1. The third kappa shape index (κ3) is 8.75. The smallest absolute Gasteiger partial charge is 0.201 e. The van der Waals surface area contributed by atoms with Crippen molar-refractivity contribution >= 4 is 0 Å². The van der Waals surface area contributed by atoms with Gasteiger partial charge in [0, 0.05) is 0 Å². The Morgan fingerprint density at radius 3 is 0.302 bits per heavy atom. The minimum Gasteiger partial charge on any atom is -0.201 e. The Hall–Kier alpha value is -4.25. The monoisotopic (exact) mass is 1430 g/mol. The van der Waals surface area contributed by atoms with E-state index in [9.17, 15) is 250 Å². The minimum absolute atomic E-state index is 1.59. The normalized spacial score (nSPS) is 17.7. The average molecular weight is 1430 g/mol. The van der Waals surface area contributed by atoms with Gasteiger partial charge in [0.25, 0.3) is 0 Å². The van der Waals surface area contributed by atoms with Crippen molar-refractivity contribution < 1.29 is 250 Å². The van der Waals surface area contributed by atoms with E-state index < -0.39 is 172 Å². The van der Waals surface area contributed by atoms with Gasteiger partial charge >= 0.3 is 160 Å². The maximum atomic E-state index is 14.2. The Balaban J connectivity index is 8.33. The summed E-state index contributed by atoms with van der Waals surface area (Å²) in [5.74, 6) is -279. The lowest BCUT2D eigenvalue weighted by Crippen LogP contribution is -2.81. The summed E-state index contributed by atoms with van der Waals surface area (Å²) in [4.78, 5) is 0. The van der Waals surface area contributed by atoms with Gasteiger partial charge in [-0.2, -0.15) is 241 Å². The molecule has 515 valence electrons. The quantitative estimate of drug-likeness (QED) is 0.0757. The van der Waals surface area contributed by atoms with Crippen molar-refractivity contribution in [1.29, 1.82) is 0 Å². The van der Waals surface area contributed by atoms with Crippen molar-refractivity contribution in [2.75, 3.05) is 0 Å². The molecule has 0 saturated heterocycles. The van der Waals surface area contributed by atoms with Gasteiger partial charge in [0.15, 0.2) is 6.33 Å². The highest BCUT2D eigenvalue weighted by molar-refractivity contribution is 5.26. The van der Waals surface area contributed by atoms with E-state index in [4.69, 9.17) is 0 Å². The van der Waals surface area contributed by atoms with E-state index in [1.807, 2.05) is 0 Å². The van der Waals surface area contributed by atoms with Crippen LogP contribution in [0.5, 0.6) is 0 Å². The lowest BCUT2D eigenvalue weighted by Gasteiger charge is -2.48. The molecular weight excluding hydrogens is 1430 g/mol. The number of rotatable bonds is 26. The molecule has 0 aliphatic rings. The Morgan fingerprint density at radius 1 is 0.140 bits per heavy atom. The summed E-state index contributed by atoms with van der Waals surface area (Å²) in [5, 5.41) is 0. The van der Waals surface area contributed by atoms with Gasteiger partial charge in [0.1, 0.15) is 0 Å². The van der Waals surface area contributed by atoms with E-state index in [0.29, 0.717) is 0 Å². The first-order valence-corrected chi connectivity index (χ1v) is 17.8. The van der Waals surface area contributed by atoms with E-state index in [-0.39, 0.29) is 0 Å². The second-order valence-corrected chi connectivity index (χ2v) is 15.8. The highest BCUT2D eigenvalue weighted by Crippen LogP contribution is 2.73. The van der Waals surface area contributed by atoms with E-state index in [2.05, 4.69) is 0 Å². The Kier molecular flexibility index (Phi) is 18.7. The standard InChI is InChI=1S/C29F57/c30-1-2(31)3(32,33)4(34,35)5(36,37)6(38,39)7(40,41)8(42,43)9(44,45)10(46,47)11(48,49)12(50,51)13(52,53)14(54,55)15(56,57)16(58,59)17(60,61)18(62,63)19(64,65)20(66,67)21(68,69)22(70,71)23(72,73)24(74,75)25(76,77)26(78,79)27(80,81)28(82,83)29(84,85)86. The van der Waals surface area contributed by atoms with Crippen LogP contribution in [0, 0.1) is 6.33 Å². The molecule has 0 aliphatic heterocycles. The topological polar surface area (TPSA) is 0 Å². The maximum Gasteiger partial charge on any atom is 0.460 e. The van der Waals surface area contributed by atoms with Crippen molar-refractivity contribution in [3.8, 4) is 0 Å². The molecule has 57 heteroatoms. The molecule has 0 N–H and O–H groups in total. The molecule has 0 atom stereocenters. The summed E-state index contributed by atoms with van der Waals surface area (Å²) < 4.78 is 783. The molecule has 1 radical (unpaired) electrons. The first-order valence-electron chi connectivity index (χ1n) is 17.8. The van der Waals surface area contributed by atoms with E-state index in [1.165, 1.54) is 0 Å². The van der Waals surface area contributed by atoms with E-state index in [0.717, 1.165) is 0 Å². The minimum atomic E-state index is -11.1. The molecule has 0 aliphatic carbocycles. The zero-order valence-electron chi connectivity index (χ0n) is 36.0. The molecule has 0 rings (SSSR count). The molecule has 0 nitrogen and oxygen atoms in total. The molecule has 0 unspecified atom stereocenters. The lowest BCUT2D eigenvalue weighted by atomic mass is 9.81. The molecule has 0 aromatic heterocycles. The Morgan fingerprint density at radius 2 is 0.221 bits per heavy atom. The third-order valence-electron chi connectivity index (χ3n) is 10.6. The molecule has 0 saturated carbocycles. The van der Waals surface area contributed by atoms with Crippen LogP contribution in [0.4, 0.5) is 250 Å². The van der Waals surface area contributed by atoms with Crippen molar-refractivity contribution in [3.63, 3.8) is 0 Å². The van der Waals surface area contributed by atoms with Crippen LogP contribution in [0.15, 0.2) is 5.83 Å².